The number of nitrogens with one attached hydrogen (secondary N) is 1. The van der Waals surface area contributed by atoms with Gasteiger partial charge in [0.15, 0.2) is 5.16 Å². The average Bonchev–Trinajstić information content (AvgIpc) is 3.15. The third-order valence-electron chi connectivity index (χ3n) is 4.15. The predicted octanol–water partition coefficient (Wildman–Crippen LogP) is 3.67. The van der Waals surface area contributed by atoms with Gasteiger partial charge in [0.25, 0.3) is 0 Å². The molecule has 134 valence electrons. The van der Waals surface area contributed by atoms with E-state index in [2.05, 4.69) is 34.6 Å². The summed E-state index contributed by atoms with van der Waals surface area (Å²) in [6.45, 7) is 4.61. The summed E-state index contributed by atoms with van der Waals surface area (Å²) in [6, 6.07) is 20.1. The van der Waals surface area contributed by atoms with Gasteiger partial charge in [0.1, 0.15) is 6.33 Å². The lowest BCUT2D eigenvalue weighted by atomic mass is 10.0. The molecule has 6 heteroatoms. The van der Waals surface area contributed by atoms with Crippen LogP contribution >= 0.6 is 11.8 Å². The molecule has 5 nitrogen and oxygen atoms in total. The molecule has 26 heavy (non-hydrogen) atoms. The van der Waals surface area contributed by atoms with E-state index >= 15 is 0 Å². The van der Waals surface area contributed by atoms with Gasteiger partial charge in [-0.15, -0.1) is 10.2 Å². The molecule has 1 amide bonds. The number of benzene rings is 2. The third kappa shape index (κ3) is 4.52. The molecule has 0 radical (unpaired) electrons. The summed E-state index contributed by atoms with van der Waals surface area (Å²) in [5, 5.41) is 11.6. The molecule has 0 fully saturated rings. The Hall–Kier alpha value is -2.60. The molecule has 3 aromatic rings. The van der Waals surface area contributed by atoms with Crippen LogP contribution < -0.4 is 5.32 Å². The Morgan fingerprint density at radius 1 is 1.08 bits per heavy atom. The highest BCUT2D eigenvalue weighted by Gasteiger charge is 2.19. The van der Waals surface area contributed by atoms with Crippen LogP contribution in [0.15, 0.2) is 72.1 Å². The number of carbonyl (C=O) groups excluding carboxylic acids is 1. The number of para-hydroxylation sites is 1. The van der Waals surface area contributed by atoms with Gasteiger partial charge in [-0.2, -0.15) is 0 Å². The number of thioether (sulfide) groups is 1. The zero-order valence-corrected chi connectivity index (χ0v) is 15.7. The summed E-state index contributed by atoms with van der Waals surface area (Å²) in [5.41, 5.74) is 2.20. The minimum absolute atomic E-state index is 0.000364. The monoisotopic (exact) mass is 366 g/mol. The molecular formula is C20H22N4OS. The Morgan fingerprint density at radius 2 is 1.73 bits per heavy atom. The lowest BCUT2D eigenvalue weighted by Gasteiger charge is -2.16. The summed E-state index contributed by atoms with van der Waals surface area (Å²) in [6.07, 6.45) is 1.67. The number of hydrogen-bond acceptors (Lipinski definition) is 4. The van der Waals surface area contributed by atoms with Crippen molar-refractivity contribution in [1.29, 1.82) is 0 Å². The van der Waals surface area contributed by atoms with Gasteiger partial charge in [0.05, 0.1) is 5.25 Å². The molecule has 0 saturated heterocycles. The normalized spacial score (nSPS) is 13.2. The van der Waals surface area contributed by atoms with Crippen LogP contribution in [0.5, 0.6) is 0 Å². The van der Waals surface area contributed by atoms with Gasteiger partial charge in [-0.3, -0.25) is 9.36 Å². The Labute approximate surface area is 157 Å². The Kier molecular flexibility index (Phi) is 6.07. The lowest BCUT2D eigenvalue weighted by molar-refractivity contribution is -0.120. The van der Waals surface area contributed by atoms with E-state index in [0.717, 1.165) is 5.69 Å². The van der Waals surface area contributed by atoms with Crippen molar-refractivity contribution in [1.82, 2.24) is 20.1 Å². The fraction of sp³-hybridized carbons (Fsp3) is 0.250. The van der Waals surface area contributed by atoms with Crippen LogP contribution in [0.4, 0.5) is 0 Å². The van der Waals surface area contributed by atoms with Crippen LogP contribution in [0.1, 0.15) is 25.3 Å². The third-order valence-corrected chi connectivity index (χ3v) is 5.21. The highest BCUT2D eigenvalue weighted by atomic mass is 32.2. The van der Waals surface area contributed by atoms with Gasteiger partial charge >= 0.3 is 0 Å². The second-order valence-electron chi connectivity index (χ2n) is 6.14. The van der Waals surface area contributed by atoms with Crippen LogP contribution in [0, 0.1) is 0 Å². The van der Waals surface area contributed by atoms with E-state index in [1.165, 1.54) is 17.3 Å². The number of hydrogen-bond donors (Lipinski definition) is 1. The maximum absolute atomic E-state index is 12.5. The molecule has 1 heterocycles. The van der Waals surface area contributed by atoms with Gasteiger partial charge < -0.3 is 5.32 Å². The smallest absolute Gasteiger partial charge is 0.233 e. The summed E-state index contributed by atoms with van der Waals surface area (Å²) < 4.78 is 1.89. The van der Waals surface area contributed by atoms with Gasteiger partial charge in [0.2, 0.25) is 5.91 Å². The molecule has 0 bridgehead atoms. The molecule has 3 rings (SSSR count). The van der Waals surface area contributed by atoms with E-state index in [-0.39, 0.29) is 17.1 Å². The molecular weight excluding hydrogens is 344 g/mol. The minimum Gasteiger partial charge on any atom is -0.355 e. The fourth-order valence-electron chi connectivity index (χ4n) is 2.58. The second kappa shape index (κ2) is 8.67. The van der Waals surface area contributed by atoms with Crippen molar-refractivity contribution in [2.24, 2.45) is 0 Å². The first-order chi connectivity index (χ1) is 12.6. The first-order valence-corrected chi connectivity index (χ1v) is 9.48. The summed E-state index contributed by atoms with van der Waals surface area (Å²) in [4.78, 5) is 12.5. The van der Waals surface area contributed by atoms with Crippen LogP contribution in [0.3, 0.4) is 0 Å². The van der Waals surface area contributed by atoms with Crippen LogP contribution in [0.2, 0.25) is 0 Å². The largest absolute Gasteiger partial charge is 0.355 e. The first kappa shape index (κ1) is 18.2. The van der Waals surface area contributed by atoms with Gasteiger partial charge in [0, 0.05) is 12.2 Å². The van der Waals surface area contributed by atoms with E-state index < -0.39 is 0 Å². The predicted molar refractivity (Wildman–Crippen MR) is 105 cm³/mol. The number of nitrogens with zero attached hydrogens (tertiary/aromatic N) is 3. The van der Waals surface area contributed by atoms with Crippen molar-refractivity contribution < 1.29 is 4.79 Å². The second-order valence-corrected chi connectivity index (χ2v) is 7.44. The summed E-state index contributed by atoms with van der Waals surface area (Å²) in [5.74, 6) is 0.269. The molecule has 1 aromatic heterocycles. The molecule has 0 aliphatic rings. The van der Waals surface area contributed by atoms with Crippen LogP contribution in [-0.4, -0.2) is 32.5 Å². The van der Waals surface area contributed by atoms with Crippen LogP contribution in [-0.2, 0) is 4.79 Å². The van der Waals surface area contributed by atoms with Crippen molar-refractivity contribution in [3.8, 4) is 5.69 Å². The molecule has 1 N–H and O–H groups in total. The standard InChI is InChI=1S/C20H22N4OS/c1-15(17-9-5-3-6-10-17)13-21-19(25)16(2)26-20-23-22-14-24(20)18-11-7-4-8-12-18/h3-12,14-16H,13H2,1-2H3,(H,21,25). The highest BCUT2D eigenvalue weighted by Crippen LogP contribution is 2.24. The highest BCUT2D eigenvalue weighted by molar-refractivity contribution is 8.00. The quantitative estimate of drug-likeness (QED) is 0.648. The van der Waals surface area contributed by atoms with E-state index in [9.17, 15) is 4.79 Å². The van der Waals surface area contributed by atoms with E-state index in [0.29, 0.717) is 11.7 Å². The van der Waals surface area contributed by atoms with E-state index in [4.69, 9.17) is 0 Å². The number of amides is 1. The van der Waals surface area contributed by atoms with Crippen LogP contribution in [0.25, 0.3) is 5.69 Å². The molecule has 0 saturated carbocycles. The zero-order chi connectivity index (χ0) is 18.4. The fourth-order valence-corrected chi connectivity index (χ4v) is 3.45. The summed E-state index contributed by atoms with van der Waals surface area (Å²) in [7, 11) is 0. The topological polar surface area (TPSA) is 59.8 Å². The number of carbonyl (C=O) groups is 1. The maximum atomic E-state index is 12.5. The zero-order valence-electron chi connectivity index (χ0n) is 14.9. The van der Waals surface area contributed by atoms with Gasteiger partial charge in [-0.05, 0) is 30.5 Å². The first-order valence-electron chi connectivity index (χ1n) is 8.60. The molecule has 2 atom stereocenters. The Balaban J connectivity index is 1.58. The van der Waals surface area contributed by atoms with Gasteiger partial charge in [-0.25, -0.2) is 0 Å². The molecule has 2 unspecified atom stereocenters. The average molecular weight is 366 g/mol. The SMILES string of the molecule is CC(Sc1nncn1-c1ccccc1)C(=O)NCC(C)c1ccccc1. The van der Waals surface area contributed by atoms with Crippen molar-refractivity contribution in [3.63, 3.8) is 0 Å². The Bertz CT molecular complexity index is 835. The molecule has 0 spiro atoms. The van der Waals surface area contributed by atoms with Crippen molar-refractivity contribution in [2.75, 3.05) is 6.54 Å². The molecule has 2 aromatic carbocycles. The minimum atomic E-state index is -0.260. The Morgan fingerprint density at radius 3 is 2.42 bits per heavy atom. The van der Waals surface area contributed by atoms with Gasteiger partial charge in [-0.1, -0.05) is 67.2 Å². The molecule has 0 aliphatic carbocycles. The van der Waals surface area contributed by atoms with E-state index in [1.807, 2.05) is 60.0 Å². The summed E-state index contributed by atoms with van der Waals surface area (Å²) >= 11 is 1.40. The van der Waals surface area contributed by atoms with Crippen molar-refractivity contribution in [3.05, 3.63) is 72.6 Å². The maximum Gasteiger partial charge on any atom is 0.233 e. The number of aromatic nitrogens is 3. The van der Waals surface area contributed by atoms with Crippen molar-refractivity contribution in [2.45, 2.75) is 30.2 Å². The number of rotatable bonds is 7. The molecule has 0 aliphatic heterocycles. The van der Waals surface area contributed by atoms with Crippen molar-refractivity contribution >= 4 is 17.7 Å². The van der Waals surface area contributed by atoms with E-state index in [1.54, 1.807) is 6.33 Å². The lowest BCUT2D eigenvalue weighted by Crippen LogP contribution is -2.33.